The first-order valence-corrected chi connectivity index (χ1v) is 7.94. The molecule has 0 fully saturated rings. The summed E-state index contributed by atoms with van der Waals surface area (Å²) in [5, 5.41) is 2.89. The van der Waals surface area contributed by atoms with Crippen LogP contribution in [0.1, 0.15) is 12.0 Å². The molecule has 0 unspecified atom stereocenters. The van der Waals surface area contributed by atoms with Crippen molar-refractivity contribution < 1.29 is 14.3 Å². The van der Waals surface area contributed by atoms with E-state index in [2.05, 4.69) is 21.2 Å². The van der Waals surface area contributed by atoms with Crippen LogP contribution in [0, 0.1) is 0 Å². The summed E-state index contributed by atoms with van der Waals surface area (Å²) >= 11 is 3.38. The highest BCUT2D eigenvalue weighted by Gasteiger charge is 2.12. The van der Waals surface area contributed by atoms with Crippen LogP contribution in [0.5, 0.6) is 11.5 Å². The van der Waals surface area contributed by atoms with Crippen LogP contribution in [-0.2, 0) is 11.2 Å². The van der Waals surface area contributed by atoms with E-state index in [9.17, 15) is 4.79 Å². The van der Waals surface area contributed by atoms with Crippen molar-refractivity contribution in [3.8, 4) is 11.5 Å². The fourth-order valence-electron chi connectivity index (χ4n) is 2.23. The molecular weight excluding hydrogens is 346 g/mol. The highest BCUT2D eigenvalue weighted by atomic mass is 79.9. The van der Waals surface area contributed by atoms with Crippen LogP contribution in [0.4, 0.5) is 5.69 Å². The molecule has 0 saturated heterocycles. The van der Waals surface area contributed by atoms with Gasteiger partial charge in [-0.1, -0.05) is 28.1 Å². The Hall–Kier alpha value is -2.01. The van der Waals surface area contributed by atoms with Crippen molar-refractivity contribution in [1.82, 2.24) is 0 Å². The Bertz CT molecular complexity index is 670. The van der Waals surface area contributed by atoms with Gasteiger partial charge in [-0.15, -0.1) is 0 Å². The third-order valence-corrected chi connectivity index (χ3v) is 3.84. The summed E-state index contributed by atoms with van der Waals surface area (Å²) in [4.78, 5) is 12.1. The fourth-order valence-corrected chi connectivity index (χ4v) is 2.50. The molecule has 4 nitrogen and oxygen atoms in total. The van der Waals surface area contributed by atoms with E-state index in [-0.39, 0.29) is 5.91 Å². The van der Waals surface area contributed by atoms with Gasteiger partial charge in [0.2, 0.25) is 5.91 Å². The zero-order valence-electron chi connectivity index (χ0n) is 12.0. The van der Waals surface area contributed by atoms with Crippen LogP contribution in [0.15, 0.2) is 46.9 Å². The van der Waals surface area contributed by atoms with Gasteiger partial charge in [-0.2, -0.15) is 0 Å². The van der Waals surface area contributed by atoms with Crippen LogP contribution in [0.3, 0.4) is 0 Å². The van der Waals surface area contributed by atoms with Crippen LogP contribution in [-0.4, -0.2) is 19.1 Å². The number of ether oxygens (including phenoxy) is 2. The first-order chi connectivity index (χ1) is 10.7. The summed E-state index contributed by atoms with van der Waals surface area (Å²) in [6, 6.07) is 13.2. The predicted octanol–water partition coefficient (Wildman–Crippen LogP) is 3.79. The number of fused-ring (bicyclic) bond motifs is 1. The second-order valence-electron chi connectivity index (χ2n) is 5.06. The second kappa shape index (κ2) is 6.83. The van der Waals surface area contributed by atoms with Gasteiger partial charge in [-0.25, -0.2) is 0 Å². The number of anilines is 1. The zero-order valence-corrected chi connectivity index (χ0v) is 13.6. The zero-order chi connectivity index (χ0) is 15.4. The van der Waals surface area contributed by atoms with Crippen molar-refractivity contribution in [2.45, 2.75) is 12.8 Å². The van der Waals surface area contributed by atoms with Crippen LogP contribution < -0.4 is 14.8 Å². The Morgan fingerprint density at radius 1 is 1.05 bits per heavy atom. The van der Waals surface area contributed by atoms with Crippen molar-refractivity contribution in [3.63, 3.8) is 0 Å². The third kappa shape index (κ3) is 3.80. The SMILES string of the molecule is O=C(Cc1ccc(Br)cc1)Nc1ccc2c(c1)OCCCO2. The Labute approximate surface area is 137 Å². The molecule has 1 heterocycles. The molecule has 1 aliphatic heterocycles. The van der Waals surface area contributed by atoms with E-state index in [1.165, 1.54) is 0 Å². The number of nitrogens with one attached hydrogen (secondary N) is 1. The van der Waals surface area contributed by atoms with E-state index >= 15 is 0 Å². The highest BCUT2D eigenvalue weighted by Crippen LogP contribution is 2.32. The molecular formula is C17H16BrNO3. The normalized spacial score (nSPS) is 13.3. The Balaban J connectivity index is 1.66. The molecule has 0 saturated carbocycles. The van der Waals surface area contributed by atoms with E-state index in [0.29, 0.717) is 31.1 Å². The predicted molar refractivity (Wildman–Crippen MR) is 88.5 cm³/mol. The molecule has 0 radical (unpaired) electrons. The molecule has 0 aromatic heterocycles. The van der Waals surface area contributed by atoms with Crippen molar-refractivity contribution in [2.75, 3.05) is 18.5 Å². The quantitative estimate of drug-likeness (QED) is 0.904. The fraction of sp³-hybridized carbons (Fsp3) is 0.235. The number of hydrogen-bond acceptors (Lipinski definition) is 3. The van der Waals surface area contributed by atoms with Crippen molar-refractivity contribution in [1.29, 1.82) is 0 Å². The maximum Gasteiger partial charge on any atom is 0.228 e. The van der Waals surface area contributed by atoms with Gasteiger partial charge in [0.15, 0.2) is 11.5 Å². The van der Waals surface area contributed by atoms with E-state index in [0.717, 1.165) is 22.2 Å². The minimum Gasteiger partial charge on any atom is -0.490 e. The minimum atomic E-state index is -0.0585. The van der Waals surface area contributed by atoms with Crippen molar-refractivity contribution >= 4 is 27.5 Å². The smallest absolute Gasteiger partial charge is 0.228 e. The summed E-state index contributed by atoms with van der Waals surface area (Å²) in [5.74, 6) is 1.35. The summed E-state index contributed by atoms with van der Waals surface area (Å²) in [5.41, 5.74) is 1.68. The molecule has 3 rings (SSSR count). The van der Waals surface area contributed by atoms with Crippen molar-refractivity contribution in [2.24, 2.45) is 0 Å². The molecule has 5 heteroatoms. The Morgan fingerprint density at radius 2 is 1.77 bits per heavy atom. The molecule has 0 bridgehead atoms. The van der Waals surface area contributed by atoms with E-state index in [4.69, 9.17) is 9.47 Å². The third-order valence-electron chi connectivity index (χ3n) is 3.31. The molecule has 0 atom stereocenters. The lowest BCUT2D eigenvalue weighted by Crippen LogP contribution is -2.14. The molecule has 0 spiro atoms. The maximum absolute atomic E-state index is 12.1. The number of benzene rings is 2. The van der Waals surface area contributed by atoms with Gasteiger partial charge in [0, 0.05) is 22.6 Å². The maximum atomic E-state index is 12.1. The number of amides is 1. The number of halogens is 1. The highest BCUT2D eigenvalue weighted by molar-refractivity contribution is 9.10. The first-order valence-electron chi connectivity index (χ1n) is 7.15. The number of carbonyl (C=O) groups excluding carboxylic acids is 1. The Morgan fingerprint density at radius 3 is 2.55 bits per heavy atom. The molecule has 22 heavy (non-hydrogen) atoms. The average molecular weight is 362 g/mol. The van der Waals surface area contributed by atoms with Gasteiger partial charge in [0.25, 0.3) is 0 Å². The minimum absolute atomic E-state index is 0.0585. The van der Waals surface area contributed by atoms with Gasteiger partial charge >= 0.3 is 0 Å². The molecule has 2 aromatic rings. The standard InChI is InChI=1S/C17H16BrNO3/c18-13-4-2-12(3-5-13)10-17(20)19-14-6-7-15-16(11-14)22-9-1-8-21-15/h2-7,11H,1,8-10H2,(H,19,20). The molecule has 1 N–H and O–H groups in total. The number of rotatable bonds is 3. The van der Waals surface area contributed by atoms with Gasteiger partial charge in [0.1, 0.15) is 0 Å². The largest absolute Gasteiger partial charge is 0.490 e. The van der Waals surface area contributed by atoms with E-state index in [1.807, 2.05) is 36.4 Å². The van der Waals surface area contributed by atoms with Crippen LogP contribution in [0.25, 0.3) is 0 Å². The summed E-state index contributed by atoms with van der Waals surface area (Å²) < 4.78 is 12.2. The van der Waals surface area contributed by atoms with Gasteiger partial charge in [0.05, 0.1) is 19.6 Å². The topological polar surface area (TPSA) is 47.6 Å². The lowest BCUT2D eigenvalue weighted by atomic mass is 10.1. The molecule has 2 aromatic carbocycles. The second-order valence-corrected chi connectivity index (χ2v) is 5.98. The van der Waals surface area contributed by atoms with Gasteiger partial charge in [-0.05, 0) is 29.8 Å². The van der Waals surface area contributed by atoms with Crippen molar-refractivity contribution in [3.05, 3.63) is 52.5 Å². The van der Waals surface area contributed by atoms with E-state index in [1.54, 1.807) is 6.07 Å². The number of hydrogen-bond donors (Lipinski definition) is 1. The van der Waals surface area contributed by atoms with Crippen LogP contribution in [0.2, 0.25) is 0 Å². The molecule has 1 amide bonds. The molecule has 1 aliphatic rings. The van der Waals surface area contributed by atoms with Gasteiger partial charge in [-0.3, -0.25) is 4.79 Å². The van der Waals surface area contributed by atoms with Gasteiger partial charge < -0.3 is 14.8 Å². The molecule has 0 aliphatic carbocycles. The Kier molecular flexibility index (Phi) is 4.63. The molecule has 114 valence electrons. The lowest BCUT2D eigenvalue weighted by molar-refractivity contribution is -0.115. The lowest BCUT2D eigenvalue weighted by Gasteiger charge is -2.10. The summed E-state index contributed by atoms with van der Waals surface area (Å²) in [6.07, 6.45) is 1.20. The number of carbonyl (C=O) groups is 1. The summed E-state index contributed by atoms with van der Waals surface area (Å²) in [6.45, 7) is 1.28. The van der Waals surface area contributed by atoms with Crippen LogP contribution >= 0.6 is 15.9 Å². The first kappa shape index (κ1) is 14.9. The monoisotopic (exact) mass is 361 g/mol. The summed E-state index contributed by atoms with van der Waals surface area (Å²) in [7, 11) is 0. The average Bonchev–Trinajstić information content (AvgIpc) is 2.74. The van der Waals surface area contributed by atoms with E-state index < -0.39 is 0 Å².